The number of amides is 5. The summed E-state index contributed by atoms with van der Waals surface area (Å²) < 4.78 is 12.9. The Morgan fingerprint density at radius 3 is 1.91 bits per heavy atom. The van der Waals surface area contributed by atoms with Crippen LogP contribution in [0.1, 0.15) is 23.6 Å². The minimum absolute atomic E-state index is 0.228. The maximum atomic E-state index is 13.8. The van der Waals surface area contributed by atoms with Crippen LogP contribution in [0.4, 0.5) is 21.9 Å². The molecule has 0 radical (unpaired) electrons. The summed E-state index contributed by atoms with van der Waals surface area (Å²) in [6.45, 7) is 5.71. The number of ether oxygens (including phenoxy) is 2. The molecule has 0 bridgehead atoms. The van der Waals surface area contributed by atoms with Gasteiger partial charge in [0.15, 0.2) is 18.1 Å². The molecule has 0 spiro atoms. The highest BCUT2D eigenvalue weighted by Gasteiger charge is 2.43. The van der Waals surface area contributed by atoms with Gasteiger partial charge in [0.1, 0.15) is 5.57 Å². The number of aryl methyl sites for hydroxylation is 2. The van der Waals surface area contributed by atoms with Gasteiger partial charge in [-0.2, -0.15) is 0 Å². The summed E-state index contributed by atoms with van der Waals surface area (Å²) in [5, 5.41) is 2.85. The number of rotatable bonds is 9. The van der Waals surface area contributed by atoms with Crippen LogP contribution in [0, 0.1) is 13.8 Å². The number of barbiturate groups is 1. The van der Waals surface area contributed by atoms with Crippen molar-refractivity contribution in [2.24, 2.45) is 0 Å². The van der Waals surface area contributed by atoms with Crippen LogP contribution in [-0.2, 0) is 14.4 Å². The second-order valence-electron chi connectivity index (χ2n) is 10.3. The molecule has 0 aliphatic carbocycles. The molecule has 0 unspecified atom stereocenters. The molecule has 4 aromatic carbocycles. The van der Waals surface area contributed by atoms with Crippen molar-refractivity contribution in [2.45, 2.75) is 20.8 Å². The lowest BCUT2D eigenvalue weighted by atomic mass is 10.0. The van der Waals surface area contributed by atoms with Crippen LogP contribution in [-0.4, -0.2) is 37.0 Å². The van der Waals surface area contributed by atoms with E-state index in [2.05, 4.69) is 37.2 Å². The monoisotopic (exact) mass is 745 g/mol. The van der Waals surface area contributed by atoms with Gasteiger partial charge in [0.2, 0.25) is 0 Å². The number of carbonyl (C=O) groups is 4. The largest absolute Gasteiger partial charge is 0.490 e. The number of benzene rings is 4. The molecule has 1 fully saturated rings. The van der Waals surface area contributed by atoms with Crippen molar-refractivity contribution in [1.82, 2.24) is 0 Å². The second kappa shape index (κ2) is 14.1. The van der Waals surface area contributed by atoms with E-state index in [4.69, 9.17) is 9.47 Å². The van der Waals surface area contributed by atoms with Crippen molar-refractivity contribution in [3.05, 3.63) is 116 Å². The summed E-state index contributed by atoms with van der Waals surface area (Å²) in [4.78, 5) is 55.8. The zero-order chi connectivity index (χ0) is 33.0. The number of urea groups is 1. The van der Waals surface area contributed by atoms with Crippen LogP contribution < -0.4 is 24.6 Å². The standard InChI is InChI=1S/C35H29Br2N3O6/c1-4-45-30-19-23(18-28(37)32(30)46-20-31(41)38-29-16-22(3)21(2)15-27(29)36)17-26-33(42)39(24-11-7-5-8-12-24)35(44)40(34(26)43)25-13-9-6-10-14-25/h5-19H,4,20H2,1-3H3,(H,38,41). The Balaban J connectivity index is 1.46. The minimum Gasteiger partial charge on any atom is -0.490 e. The lowest BCUT2D eigenvalue weighted by Gasteiger charge is -2.34. The van der Waals surface area contributed by atoms with Crippen molar-refractivity contribution < 1.29 is 28.7 Å². The molecular formula is C35H29Br2N3O6. The zero-order valence-corrected chi connectivity index (χ0v) is 28.3. The van der Waals surface area contributed by atoms with E-state index in [0.29, 0.717) is 27.1 Å². The SMILES string of the molecule is CCOc1cc(C=C2C(=O)N(c3ccccc3)C(=O)N(c3ccccc3)C2=O)cc(Br)c1OCC(=O)Nc1cc(C)c(C)cc1Br. The molecular weight excluding hydrogens is 718 g/mol. The van der Waals surface area contributed by atoms with Crippen LogP contribution in [0.2, 0.25) is 0 Å². The fraction of sp³-hybridized carbons (Fsp3) is 0.143. The summed E-state index contributed by atoms with van der Waals surface area (Å²) in [7, 11) is 0. The lowest BCUT2D eigenvalue weighted by molar-refractivity contribution is -0.121. The Morgan fingerprint density at radius 2 is 1.35 bits per heavy atom. The number of nitrogens with zero attached hydrogens (tertiary/aromatic N) is 2. The number of hydrogen-bond acceptors (Lipinski definition) is 6. The highest BCUT2D eigenvalue weighted by molar-refractivity contribution is 9.11. The number of nitrogens with one attached hydrogen (secondary N) is 1. The summed E-state index contributed by atoms with van der Waals surface area (Å²) in [5.74, 6) is -1.36. The van der Waals surface area contributed by atoms with E-state index in [0.717, 1.165) is 25.4 Å². The van der Waals surface area contributed by atoms with E-state index in [1.54, 1.807) is 79.7 Å². The van der Waals surface area contributed by atoms with Gasteiger partial charge in [0.25, 0.3) is 17.7 Å². The average molecular weight is 747 g/mol. The molecule has 0 aromatic heterocycles. The van der Waals surface area contributed by atoms with E-state index in [-0.39, 0.29) is 36.2 Å². The Morgan fingerprint density at radius 1 is 0.783 bits per heavy atom. The molecule has 234 valence electrons. The van der Waals surface area contributed by atoms with Crippen molar-refractivity contribution >= 4 is 78.8 Å². The Hall–Kier alpha value is -4.74. The highest BCUT2D eigenvalue weighted by Crippen LogP contribution is 2.38. The van der Waals surface area contributed by atoms with Crippen LogP contribution in [0.3, 0.4) is 0 Å². The molecule has 1 N–H and O–H groups in total. The molecule has 1 aliphatic rings. The molecule has 4 aromatic rings. The van der Waals surface area contributed by atoms with E-state index in [1.165, 1.54) is 6.08 Å². The molecule has 46 heavy (non-hydrogen) atoms. The molecule has 0 saturated carbocycles. The van der Waals surface area contributed by atoms with Crippen LogP contribution >= 0.6 is 31.9 Å². The fourth-order valence-electron chi connectivity index (χ4n) is 4.78. The molecule has 5 amide bonds. The van der Waals surface area contributed by atoms with Gasteiger partial charge in [0.05, 0.1) is 28.1 Å². The first kappa shape index (κ1) is 32.6. The topological polar surface area (TPSA) is 105 Å². The van der Waals surface area contributed by atoms with Gasteiger partial charge in [0, 0.05) is 4.47 Å². The summed E-state index contributed by atoms with van der Waals surface area (Å²) in [6.07, 6.45) is 1.41. The van der Waals surface area contributed by atoms with Crippen molar-refractivity contribution in [3.63, 3.8) is 0 Å². The van der Waals surface area contributed by atoms with Gasteiger partial charge in [-0.05, 0) is 124 Å². The molecule has 1 saturated heterocycles. The summed E-state index contributed by atoms with van der Waals surface area (Å²) in [6, 6.07) is 23.1. The highest BCUT2D eigenvalue weighted by atomic mass is 79.9. The molecule has 5 rings (SSSR count). The third kappa shape index (κ3) is 6.90. The maximum absolute atomic E-state index is 13.8. The van der Waals surface area contributed by atoms with E-state index in [1.807, 2.05) is 26.0 Å². The van der Waals surface area contributed by atoms with Crippen molar-refractivity contribution in [3.8, 4) is 11.5 Å². The maximum Gasteiger partial charge on any atom is 0.343 e. The predicted molar refractivity (Wildman–Crippen MR) is 184 cm³/mol. The second-order valence-corrected chi connectivity index (χ2v) is 12.0. The fourth-order valence-corrected chi connectivity index (χ4v) is 5.91. The van der Waals surface area contributed by atoms with Crippen LogP contribution in [0.25, 0.3) is 6.08 Å². The van der Waals surface area contributed by atoms with Gasteiger partial charge in [-0.3, -0.25) is 14.4 Å². The number of anilines is 3. The Labute approximate surface area is 283 Å². The first-order chi connectivity index (χ1) is 22.1. The van der Waals surface area contributed by atoms with E-state index >= 15 is 0 Å². The number of halogens is 2. The van der Waals surface area contributed by atoms with E-state index < -0.39 is 17.8 Å². The quantitative estimate of drug-likeness (QED) is 0.138. The van der Waals surface area contributed by atoms with Crippen molar-refractivity contribution in [1.29, 1.82) is 0 Å². The summed E-state index contributed by atoms with van der Waals surface area (Å²) >= 11 is 6.98. The third-order valence-electron chi connectivity index (χ3n) is 7.13. The first-order valence-corrected chi connectivity index (χ1v) is 15.9. The van der Waals surface area contributed by atoms with Crippen LogP contribution in [0.15, 0.2) is 99.4 Å². The smallest absolute Gasteiger partial charge is 0.343 e. The van der Waals surface area contributed by atoms with Crippen LogP contribution in [0.5, 0.6) is 11.5 Å². The Bertz CT molecular complexity index is 1800. The molecule has 11 heteroatoms. The van der Waals surface area contributed by atoms with Gasteiger partial charge in [-0.25, -0.2) is 14.6 Å². The first-order valence-electron chi connectivity index (χ1n) is 14.3. The number of para-hydroxylation sites is 2. The number of hydrogen-bond donors (Lipinski definition) is 1. The molecule has 1 aliphatic heterocycles. The average Bonchev–Trinajstić information content (AvgIpc) is 3.03. The lowest BCUT2D eigenvalue weighted by Crippen LogP contribution is -2.57. The normalized spacial score (nSPS) is 13.2. The molecule has 1 heterocycles. The zero-order valence-electron chi connectivity index (χ0n) is 25.2. The van der Waals surface area contributed by atoms with Gasteiger partial charge in [-0.15, -0.1) is 0 Å². The molecule has 9 nitrogen and oxygen atoms in total. The number of imide groups is 2. The van der Waals surface area contributed by atoms with Crippen molar-refractivity contribution in [2.75, 3.05) is 28.3 Å². The van der Waals surface area contributed by atoms with Gasteiger partial charge in [-0.1, -0.05) is 36.4 Å². The number of carbonyl (C=O) groups excluding carboxylic acids is 4. The minimum atomic E-state index is -0.782. The van der Waals surface area contributed by atoms with Gasteiger partial charge >= 0.3 is 6.03 Å². The predicted octanol–water partition coefficient (Wildman–Crippen LogP) is 7.83. The summed E-state index contributed by atoms with van der Waals surface area (Å²) in [5.41, 5.74) is 3.59. The molecule has 0 atom stereocenters. The van der Waals surface area contributed by atoms with E-state index in [9.17, 15) is 19.2 Å². The van der Waals surface area contributed by atoms with Gasteiger partial charge < -0.3 is 14.8 Å². The Kier molecular flexibility index (Phi) is 10.0. The third-order valence-corrected chi connectivity index (χ3v) is 8.37.